The molecule has 0 bridgehead atoms. The molecule has 80 valence electrons. The zero-order valence-electron chi connectivity index (χ0n) is 9.08. The third-order valence-corrected chi connectivity index (χ3v) is 2.55. The highest BCUT2D eigenvalue weighted by molar-refractivity contribution is 5.81. The molecule has 0 amide bonds. The maximum Gasteiger partial charge on any atom is 0.330 e. The van der Waals surface area contributed by atoms with Crippen LogP contribution in [0.1, 0.15) is 27.2 Å². The molecule has 0 spiro atoms. The minimum absolute atomic E-state index is 0.150. The lowest BCUT2D eigenvalue weighted by Crippen LogP contribution is -2.25. The van der Waals surface area contributed by atoms with Crippen LogP contribution < -0.4 is 0 Å². The zero-order chi connectivity index (χ0) is 10.6. The van der Waals surface area contributed by atoms with Crippen LogP contribution in [0.2, 0.25) is 0 Å². The van der Waals surface area contributed by atoms with Crippen LogP contribution in [0, 0.1) is 5.92 Å². The average Bonchev–Trinajstić information content (AvgIpc) is 2.42. The van der Waals surface area contributed by atoms with Crippen LogP contribution in [0.4, 0.5) is 0 Å². The molecule has 0 aromatic carbocycles. The Bertz CT molecular complexity index is 231. The highest BCUT2D eigenvalue weighted by Gasteiger charge is 2.33. The van der Waals surface area contributed by atoms with Crippen molar-refractivity contribution in [1.82, 2.24) is 0 Å². The predicted octanol–water partition coefficient (Wildman–Crippen LogP) is 1.92. The fourth-order valence-electron chi connectivity index (χ4n) is 1.62. The highest BCUT2D eigenvalue weighted by Crippen LogP contribution is 2.32. The lowest BCUT2D eigenvalue weighted by molar-refractivity contribution is -0.137. The molecule has 0 radical (unpaired) electrons. The van der Waals surface area contributed by atoms with Crippen molar-refractivity contribution in [2.24, 2.45) is 5.92 Å². The van der Waals surface area contributed by atoms with Crippen molar-refractivity contribution in [3.05, 3.63) is 12.2 Å². The Morgan fingerprint density at radius 1 is 1.64 bits per heavy atom. The van der Waals surface area contributed by atoms with Crippen molar-refractivity contribution in [3.63, 3.8) is 0 Å². The summed E-state index contributed by atoms with van der Waals surface area (Å²) in [4.78, 5) is 11.1. The summed E-state index contributed by atoms with van der Waals surface area (Å²) in [5, 5.41) is 0. The van der Waals surface area contributed by atoms with E-state index in [0.29, 0.717) is 12.5 Å². The fraction of sp³-hybridized carbons (Fsp3) is 0.727. The van der Waals surface area contributed by atoms with E-state index in [1.807, 2.05) is 19.9 Å². The maximum atomic E-state index is 11.1. The summed E-state index contributed by atoms with van der Waals surface area (Å²) in [6.45, 7) is 7.08. The van der Waals surface area contributed by atoms with E-state index in [4.69, 9.17) is 9.47 Å². The minimum Gasteiger partial charge on any atom is -0.463 e. The first-order valence-corrected chi connectivity index (χ1v) is 5.05. The van der Waals surface area contributed by atoms with Gasteiger partial charge in [0.15, 0.2) is 0 Å². The van der Waals surface area contributed by atoms with Crippen molar-refractivity contribution in [2.75, 3.05) is 13.2 Å². The summed E-state index contributed by atoms with van der Waals surface area (Å²) < 4.78 is 10.3. The van der Waals surface area contributed by atoms with E-state index in [1.54, 1.807) is 6.92 Å². The normalized spacial score (nSPS) is 25.5. The monoisotopic (exact) mass is 198 g/mol. The van der Waals surface area contributed by atoms with Gasteiger partial charge in [-0.05, 0) is 27.2 Å². The Labute approximate surface area is 85.1 Å². The van der Waals surface area contributed by atoms with Crippen molar-refractivity contribution >= 4 is 5.97 Å². The summed E-state index contributed by atoms with van der Waals surface area (Å²) in [5.74, 6) is 0.0436. The van der Waals surface area contributed by atoms with Gasteiger partial charge in [-0.2, -0.15) is 0 Å². The molecule has 1 heterocycles. The van der Waals surface area contributed by atoms with Crippen LogP contribution in [-0.4, -0.2) is 24.8 Å². The van der Waals surface area contributed by atoms with Crippen LogP contribution in [0.5, 0.6) is 0 Å². The molecule has 0 aliphatic carbocycles. The molecule has 1 rings (SSSR count). The first-order valence-electron chi connectivity index (χ1n) is 5.05. The largest absolute Gasteiger partial charge is 0.463 e. The molecule has 1 atom stereocenters. The van der Waals surface area contributed by atoms with Gasteiger partial charge in [-0.15, -0.1) is 0 Å². The Morgan fingerprint density at radius 3 is 2.86 bits per heavy atom. The number of ether oxygens (including phenoxy) is 2. The molecule has 14 heavy (non-hydrogen) atoms. The number of hydrogen-bond donors (Lipinski definition) is 0. The second kappa shape index (κ2) is 4.60. The standard InChI is InChI=1S/C11H18O3/c1-4-13-10(12)6-5-9-7-8-14-11(9,2)3/h5-6,9H,4,7-8H2,1-3H3/b6-5-/t9-/m0/s1. The number of esters is 1. The Hall–Kier alpha value is -0.830. The second-order valence-electron chi connectivity index (χ2n) is 3.96. The fourth-order valence-corrected chi connectivity index (χ4v) is 1.62. The number of carbonyl (C=O) groups is 1. The smallest absolute Gasteiger partial charge is 0.330 e. The Morgan fingerprint density at radius 2 is 2.36 bits per heavy atom. The third kappa shape index (κ3) is 2.84. The van der Waals surface area contributed by atoms with Gasteiger partial charge in [-0.1, -0.05) is 6.08 Å². The lowest BCUT2D eigenvalue weighted by Gasteiger charge is -2.22. The molecule has 1 fully saturated rings. The highest BCUT2D eigenvalue weighted by atomic mass is 16.5. The zero-order valence-corrected chi connectivity index (χ0v) is 9.08. The minimum atomic E-state index is -0.268. The van der Waals surface area contributed by atoms with Gasteiger partial charge >= 0.3 is 5.97 Å². The molecular formula is C11H18O3. The van der Waals surface area contributed by atoms with Gasteiger partial charge in [0.05, 0.1) is 12.2 Å². The predicted molar refractivity (Wildman–Crippen MR) is 53.9 cm³/mol. The molecule has 0 aromatic heterocycles. The van der Waals surface area contributed by atoms with Crippen LogP contribution >= 0.6 is 0 Å². The molecular weight excluding hydrogens is 180 g/mol. The van der Waals surface area contributed by atoms with E-state index in [-0.39, 0.29) is 11.6 Å². The van der Waals surface area contributed by atoms with E-state index in [9.17, 15) is 4.79 Å². The van der Waals surface area contributed by atoms with Crippen molar-refractivity contribution in [2.45, 2.75) is 32.8 Å². The first-order chi connectivity index (χ1) is 6.56. The van der Waals surface area contributed by atoms with Crippen LogP contribution in [0.25, 0.3) is 0 Å². The van der Waals surface area contributed by atoms with Crippen molar-refractivity contribution in [1.29, 1.82) is 0 Å². The summed E-state index contributed by atoms with van der Waals surface area (Å²) in [6, 6.07) is 0. The Kier molecular flexibility index (Phi) is 3.69. The lowest BCUT2D eigenvalue weighted by atomic mass is 9.91. The molecule has 1 aliphatic heterocycles. The van der Waals surface area contributed by atoms with E-state index in [1.165, 1.54) is 6.08 Å². The summed E-state index contributed by atoms with van der Waals surface area (Å²) in [6.07, 6.45) is 4.37. The number of rotatable bonds is 3. The van der Waals surface area contributed by atoms with Gasteiger partial charge in [-0.3, -0.25) is 0 Å². The van der Waals surface area contributed by atoms with Gasteiger partial charge < -0.3 is 9.47 Å². The van der Waals surface area contributed by atoms with Crippen LogP contribution in [0.15, 0.2) is 12.2 Å². The number of hydrogen-bond acceptors (Lipinski definition) is 3. The SMILES string of the molecule is CCOC(=O)/C=C\[C@H]1CCOC1(C)C. The third-order valence-electron chi connectivity index (χ3n) is 2.55. The van der Waals surface area contributed by atoms with Gasteiger partial charge in [0.1, 0.15) is 0 Å². The van der Waals surface area contributed by atoms with Crippen molar-refractivity contribution in [3.8, 4) is 0 Å². The van der Waals surface area contributed by atoms with Gasteiger partial charge in [0.2, 0.25) is 0 Å². The van der Waals surface area contributed by atoms with E-state index >= 15 is 0 Å². The van der Waals surface area contributed by atoms with Gasteiger partial charge in [0.25, 0.3) is 0 Å². The summed E-state index contributed by atoms with van der Waals surface area (Å²) in [5.41, 5.74) is -0.150. The quantitative estimate of drug-likeness (QED) is 0.513. The molecule has 0 aromatic rings. The second-order valence-corrected chi connectivity index (χ2v) is 3.96. The molecule has 3 heteroatoms. The van der Waals surface area contributed by atoms with E-state index in [0.717, 1.165) is 13.0 Å². The summed E-state index contributed by atoms with van der Waals surface area (Å²) >= 11 is 0. The van der Waals surface area contributed by atoms with Crippen LogP contribution in [0.3, 0.4) is 0 Å². The summed E-state index contributed by atoms with van der Waals surface area (Å²) in [7, 11) is 0. The van der Waals surface area contributed by atoms with E-state index in [2.05, 4.69) is 0 Å². The molecule has 0 N–H and O–H groups in total. The van der Waals surface area contributed by atoms with Gasteiger partial charge in [-0.25, -0.2) is 4.79 Å². The van der Waals surface area contributed by atoms with E-state index < -0.39 is 0 Å². The molecule has 0 unspecified atom stereocenters. The number of carbonyl (C=O) groups excluding carboxylic acids is 1. The molecule has 0 saturated carbocycles. The van der Waals surface area contributed by atoms with Gasteiger partial charge in [0, 0.05) is 18.6 Å². The Balaban J connectivity index is 2.47. The molecule has 1 aliphatic rings. The molecule has 1 saturated heterocycles. The first kappa shape index (κ1) is 11.2. The molecule has 3 nitrogen and oxygen atoms in total. The maximum absolute atomic E-state index is 11.1. The average molecular weight is 198 g/mol. The van der Waals surface area contributed by atoms with Crippen LogP contribution in [-0.2, 0) is 14.3 Å². The van der Waals surface area contributed by atoms with Crippen molar-refractivity contribution < 1.29 is 14.3 Å². The topological polar surface area (TPSA) is 35.5 Å².